The van der Waals surface area contributed by atoms with Gasteiger partial charge in [-0.3, -0.25) is 9.32 Å². The van der Waals surface area contributed by atoms with E-state index >= 15 is 0 Å². The third kappa shape index (κ3) is 2.88. The molecule has 4 aromatic rings. The summed E-state index contributed by atoms with van der Waals surface area (Å²) >= 11 is 0. The highest BCUT2D eigenvalue weighted by atomic mass is 16.6. The van der Waals surface area contributed by atoms with E-state index in [4.69, 9.17) is 9.26 Å². The summed E-state index contributed by atoms with van der Waals surface area (Å²) in [6.07, 6.45) is -0.0147. The quantitative estimate of drug-likeness (QED) is 0.595. The summed E-state index contributed by atoms with van der Waals surface area (Å²) in [5, 5.41) is 8.72. The van der Waals surface area contributed by atoms with Crippen molar-refractivity contribution in [3.63, 3.8) is 0 Å². The first-order valence-electron chi connectivity index (χ1n) is 8.39. The maximum Gasteiger partial charge on any atom is 0.417 e. The zero-order valence-electron chi connectivity index (χ0n) is 14.5. The van der Waals surface area contributed by atoms with Crippen LogP contribution in [-0.4, -0.2) is 27.2 Å². The number of aromatic nitrogens is 3. The summed E-state index contributed by atoms with van der Waals surface area (Å²) in [5.41, 5.74) is 3.04. The van der Waals surface area contributed by atoms with Crippen LogP contribution < -0.4 is 10.1 Å². The Morgan fingerprint density at radius 1 is 1.19 bits per heavy atom. The number of benzene rings is 2. The molecule has 7 heteroatoms. The highest BCUT2D eigenvalue weighted by Crippen LogP contribution is 2.30. The number of hydrogen-bond acceptors (Lipinski definition) is 5. The van der Waals surface area contributed by atoms with Crippen LogP contribution in [0.1, 0.15) is 12.7 Å². The predicted octanol–water partition coefficient (Wildman–Crippen LogP) is 3.52. The van der Waals surface area contributed by atoms with Crippen molar-refractivity contribution in [2.75, 3.05) is 11.9 Å². The number of anilines is 1. The number of aryl methyl sites for hydroxylation is 2. The highest BCUT2D eigenvalue weighted by molar-refractivity contribution is 6.09. The third-order valence-electron chi connectivity index (χ3n) is 4.21. The number of amides is 1. The van der Waals surface area contributed by atoms with Crippen LogP contribution in [0.3, 0.4) is 0 Å². The van der Waals surface area contributed by atoms with Gasteiger partial charge in [0.15, 0.2) is 12.4 Å². The molecular formula is C19H18N4O3. The van der Waals surface area contributed by atoms with Gasteiger partial charge >= 0.3 is 6.08 Å². The Morgan fingerprint density at radius 3 is 2.77 bits per heavy atom. The van der Waals surface area contributed by atoms with Crippen LogP contribution in [0.25, 0.3) is 21.8 Å². The van der Waals surface area contributed by atoms with Crippen molar-refractivity contribution in [2.45, 2.75) is 20.4 Å². The maximum atomic E-state index is 12.1. The van der Waals surface area contributed by atoms with Crippen molar-refractivity contribution >= 4 is 33.4 Å². The van der Waals surface area contributed by atoms with E-state index in [-0.39, 0.29) is 18.6 Å². The van der Waals surface area contributed by atoms with Crippen molar-refractivity contribution in [1.29, 1.82) is 0 Å². The third-order valence-corrected chi connectivity index (χ3v) is 4.21. The van der Waals surface area contributed by atoms with Gasteiger partial charge in [-0.15, -0.1) is 0 Å². The number of carbonyl (C=O) groups is 1. The van der Waals surface area contributed by atoms with E-state index in [9.17, 15) is 4.79 Å². The first-order valence-corrected chi connectivity index (χ1v) is 8.39. The average Bonchev–Trinajstić information content (AvgIpc) is 3.20. The molecule has 1 amide bonds. The second-order valence-electron chi connectivity index (χ2n) is 5.94. The van der Waals surface area contributed by atoms with E-state index in [0.717, 1.165) is 22.8 Å². The van der Waals surface area contributed by atoms with E-state index in [1.807, 2.05) is 30.3 Å². The molecule has 0 unspecified atom stereocenters. The summed E-state index contributed by atoms with van der Waals surface area (Å²) < 4.78 is 12.3. The molecule has 132 valence electrons. The zero-order valence-corrected chi connectivity index (χ0v) is 14.5. The van der Waals surface area contributed by atoms with Crippen LogP contribution in [0.5, 0.6) is 6.08 Å². The minimum Gasteiger partial charge on any atom is -0.439 e. The molecule has 1 N–H and O–H groups in total. The lowest BCUT2D eigenvalue weighted by atomic mass is 10.1. The molecule has 0 aliphatic heterocycles. The van der Waals surface area contributed by atoms with E-state index < -0.39 is 0 Å². The van der Waals surface area contributed by atoms with E-state index in [0.29, 0.717) is 11.5 Å². The van der Waals surface area contributed by atoms with Crippen LogP contribution in [0.2, 0.25) is 0 Å². The van der Waals surface area contributed by atoms with Crippen LogP contribution in [0.4, 0.5) is 5.69 Å². The molecule has 0 spiro atoms. The van der Waals surface area contributed by atoms with Gasteiger partial charge in [0.2, 0.25) is 0 Å². The molecule has 0 atom stereocenters. The Kier molecular flexibility index (Phi) is 4.04. The second-order valence-corrected chi connectivity index (χ2v) is 5.94. The largest absolute Gasteiger partial charge is 0.439 e. The van der Waals surface area contributed by atoms with Crippen molar-refractivity contribution in [3.8, 4) is 6.08 Å². The molecule has 7 nitrogen and oxygen atoms in total. The molecule has 0 radical (unpaired) electrons. The molecule has 0 fully saturated rings. The molecule has 0 aliphatic rings. The fraction of sp³-hybridized carbons (Fsp3) is 0.211. The molecule has 2 aromatic carbocycles. The maximum absolute atomic E-state index is 12.1. The lowest BCUT2D eigenvalue weighted by molar-refractivity contribution is -0.118. The van der Waals surface area contributed by atoms with Gasteiger partial charge in [-0.1, -0.05) is 23.4 Å². The summed E-state index contributed by atoms with van der Waals surface area (Å²) in [4.78, 5) is 16.0. The summed E-state index contributed by atoms with van der Waals surface area (Å²) in [6, 6.07) is 14.2. The Bertz CT molecular complexity index is 1100. The van der Waals surface area contributed by atoms with Gasteiger partial charge in [0.05, 0.1) is 0 Å². The van der Waals surface area contributed by atoms with Gasteiger partial charge in [-0.25, -0.2) is 0 Å². The predicted molar refractivity (Wildman–Crippen MR) is 98.3 cm³/mol. The monoisotopic (exact) mass is 350 g/mol. The van der Waals surface area contributed by atoms with Crippen molar-refractivity contribution in [2.24, 2.45) is 0 Å². The van der Waals surface area contributed by atoms with Crippen LogP contribution >= 0.6 is 0 Å². The molecule has 2 heterocycles. The number of carbonyl (C=O) groups excluding carboxylic acids is 1. The number of hydrogen-bond donors (Lipinski definition) is 1. The topological polar surface area (TPSA) is 82.2 Å². The fourth-order valence-corrected chi connectivity index (χ4v) is 3.13. The smallest absolute Gasteiger partial charge is 0.417 e. The molecular weight excluding hydrogens is 332 g/mol. The summed E-state index contributed by atoms with van der Waals surface area (Å²) in [7, 11) is 0. The molecule has 2 aromatic heterocycles. The molecule has 4 rings (SSSR count). The zero-order chi connectivity index (χ0) is 18.1. The summed E-state index contributed by atoms with van der Waals surface area (Å²) in [6.45, 7) is 4.49. The minimum absolute atomic E-state index is 0.0147. The standard InChI is InChI=1S/C19H18N4O3/c1-3-23-16-7-5-4-6-14(16)15-10-13(8-9-17(15)23)21-18(24)11-25-19-20-12(2)22-26-19/h4-10H,3,11H2,1-2H3,(H,21,24). The number of fused-ring (bicyclic) bond motifs is 3. The number of ether oxygens (including phenoxy) is 1. The Hall–Kier alpha value is -3.35. The van der Waals surface area contributed by atoms with Gasteiger partial charge < -0.3 is 14.6 Å². The average molecular weight is 350 g/mol. The molecule has 0 bridgehead atoms. The van der Waals surface area contributed by atoms with Crippen LogP contribution in [-0.2, 0) is 11.3 Å². The van der Waals surface area contributed by atoms with Gasteiger partial charge in [-0.2, -0.15) is 4.98 Å². The van der Waals surface area contributed by atoms with E-state index in [1.165, 1.54) is 5.52 Å². The Morgan fingerprint density at radius 2 is 2.00 bits per heavy atom. The first kappa shape index (κ1) is 16.1. The second kappa shape index (κ2) is 6.51. The van der Waals surface area contributed by atoms with Gasteiger partial charge in [0.25, 0.3) is 5.91 Å². The lowest BCUT2D eigenvalue weighted by Gasteiger charge is -2.06. The molecule has 0 saturated carbocycles. The van der Waals surface area contributed by atoms with Crippen molar-refractivity contribution < 1.29 is 14.1 Å². The van der Waals surface area contributed by atoms with Gasteiger partial charge in [-0.05, 0) is 38.1 Å². The summed E-state index contributed by atoms with van der Waals surface area (Å²) in [5.74, 6) is 0.164. The number of nitrogens with zero attached hydrogens (tertiary/aromatic N) is 3. The van der Waals surface area contributed by atoms with Crippen LogP contribution in [0.15, 0.2) is 47.0 Å². The Labute approximate surface area is 149 Å². The molecule has 0 saturated heterocycles. The van der Waals surface area contributed by atoms with Crippen molar-refractivity contribution in [3.05, 3.63) is 48.3 Å². The van der Waals surface area contributed by atoms with E-state index in [1.54, 1.807) is 6.92 Å². The first-order chi connectivity index (χ1) is 12.7. The lowest BCUT2D eigenvalue weighted by Crippen LogP contribution is -2.20. The van der Waals surface area contributed by atoms with Gasteiger partial charge in [0, 0.05) is 34.0 Å². The number of rotatable bonds is 5. The minimum atomic E-state index is -0.292. The molecule has 26 heavy (non-hydrogen) atoms. The fourth-order valence-electron chi connectivity index (χ4n) is 3.13. The van der Waals surface area contributed by atoms with Gasteiger partial charge in [0.1, 0.15) is 0 Å². The number of para-hydroxylation sites is 1. The van der Waals surface area contributed by atoms with Crippen molar-refractivity contribution in [1.82, 2.24) is 14.7 Å². The normalized spacial score (nSPS) is 11.2. The van der Waals surface area contributed by atoms with E-state index in [2.05, 4.69) is 39.1 Å². The molecule has 0 aliphatic carbocycles. The number of nitrogens with one attached hydrogen (secondary N) is 1. The Balaban J connectivity index is 1.57. The SMILES string of the molecule is CCn1c2ccccc2c2cc(NC(=O)COc3nc(C)no3)ccc21. The van der Waals surface area contributed by atoms with Crippen LogP contribution in [0, 0.1) is 6.92 Å². The highest BCUT2D eigenvalue weighted by Gasteiger charge is 2.12.